The van der Waals surface area contributed by atoms with E-state index in [4.69, 9.17) is 4.74 Å². The summed E-state index contributed by atoms with van der Waals surface area (Å²) in [5.41, 5.74) is 3.12. The molecular weight excluding hydrogens is 318 g/mol. The lowest BCUT2D eigenvalue weighted by Crippen LogP contribution is -2.35. The summed E-state index contributed by atoms with van der Waals surface area (Å²) >= 11 is 3.45. The van der Waals surface area contributed by atoms with Crippen molar-refractivity contribution in [1.82, 2.24) is 9.97 Å². The van der Waals surface area contributed by atoms with Crippen LogP contribution >= 0.6 is 15.9 Å². The van der Waals surface area contributed by atoms with Crippen molar-refractivity contribution in [3.05, 3.63) is 29.0 Å². The molecule has 3 rings (SSSR count). The fourth-order valence-electron chi connectivity index (χ4n) is 2.82. The fraction of sp³-hybridized carbons (Fsp3) is 0.467. The van der Waals surface area contributed by atoms with Crippen LogP contribution in [0.15, 0.2) is 29.0 Å². The normalized spacial score (nSPS) is 16.8. The summed E-state index contributed by atoms with van der Waals surface area (Å²) < 4.78 is 6.23. The lowest BCUT2D eigenvalue weighted by molar-refractivity contribution is 0.139. The number of nitrogens with zero attached hydrogens (tertiary/aromatic N) is 3. The van der Waals surface area contributed by atoms with Crippen molar-refractivity contribution in [3.8, 4) is 0 Å². The topological polar surface area (TPSA) is 38.2 Å². The Morgan fingerprint density at radius 3 is 2.90 bits per heavy atom. The maximum Gasteiger partial charge on any atom is 0.112 e. The minimum absolute atomic E-state index is 0.687. The van der Waals surface area contributed by atoms with E-state index in [2.05, 4.69) is 36.9 Å². The number of anilines is 1. The Kier molecular flexibility index (Phi) is 4.17. The van der Waals surface area contributed by atoms with Crippen LogP contribution in [-0.4, -0.2) is 36.8 Å². The summed E-state index contributed by atoms with van der Waals surface area (Å²) in [5.74, 6) is 0.687. The first kappa shape index (κ1) is 13.8. The fourth-order valence-corrected chi connectivity index (χ4v) is 3.14. The van der Waals surface area contributed by atoms with Crippen LogP contribution in [0.1, 0.15) is 12.8 Å². The monoisotopic (exact) mass is 335 g/mol. The van der Waals surface area contributed by atoms with Gasteiger partial charge >= 0.3 is 0 Å². The summed E-state index contributed by atoms with van der Waals surface area (Å²) in [4.78, 5) is 11.4. The molecule has 0 bridgehead atoms. The van der Waals surface area contributed by atoms with Gasteiger partial charge in [0.1, 0.15) is 5.52 Å². The molecule has 0 unspecified atom stereocenters. The standard InChI is InChI=1S/C15H18BrN3O/c1-20-10-11-3-6-19(7-4-11)14-2-5-17-13-8-12(16)9-18-15(13)14/h2,5,8-9,11H,3-4,6-7,10H2,1H3. The van der Waals surface area contributed by atoms with Gasteiger partial charge in [0.05, 0.1) is 11.2 Å². The molecule has 0 aromatic carbocycles. The maximum atomic E-state index is 5.26. The molecule has 5 heteroatoms. The number of halogens is 1. The van der Waals surface area contributed by atoms with Gasteiger partial charge in [-0.2, -0.15) is 0 Å². The Balaban J connectivity index is 1.84. The molecule has 0 amide bonds. The van der Waals surface area contributed by atoms with Crippen LogP contribution in [-0.2, 0) is 4.74 Å². The molecule has 0 atom stereocenters. The number of methoxy groups -OCH3 is 1. The van der Waals surface area contributed by atoms with E-state index in [9.17, 15) is 0 Å². The smallest absolute Gasteiger partial charge is 0.112 e. The van der Waals surface area contributed by atoms with Crippen molar-refractivity contribution < 1.29 is 4.74 Å². The van der Waals surface area contributed by atoms with E-state index in [-0.39, 0.29) is 0 Å². The van der Waals surface area contributed by atoms with Crippen LogP contribution in [0.25, 0.3) is 11.0 Å². The van der Waals surface area contributed by atoms with Crippen LogP contribution in [0, 0.1) is 5.92 Å². The van der Waals surface area contributed by atoms with Crippen molar-refractivity contribution in [3.63, 3.8) is 0 Å². The highest BCUT2D eigenvalue weighted by Gasteiger charge is 2.21. The molecule has 0 aliphatic carbocycles. The van der Waals surface area contributed by atoms with Crippen LogP contribution in [0.5, 0.6) is 0 Å². The maximum absolute atomic E-state index is 5.26. The van der Waals surface area contributed by atoms with E-state index in [0.29, 0.717) is 5.92 Å². The first-order chi connectivity index (χ1) is 9.78. The van der Waals surface area contributed by atoms with Gasteiger partial charge in [0.2, 0.25) is 0 Å². The number of piperidine rings is 1. The van der Waals surface area contributed by atoms with Gasteiger partial charge in [-0.1, -0.05) is 0 Å². The number of ether oxygens (including phenoxy) is 1. The summed E-state index contributed by atoms with van der Waals surface area (Å²) in [5, 5.41) is 0. The van der Waals surface area contributed by atoms with E-state index in [1.807, 2.05) is 18.5 Å². The average molecular weight is 336 g/mol. The van der Waals surface area contributed by atoms with Crippen molar-refractivity contribution in [2.24, 2.45) is 5.92 Å². The van der Waals surface area contributed by atoms with Gasteiger partial charge in [-0.05, 0) is 46.8 Å². The zero-order chi connectivity index (χ0) is 13.9. The van der Waals surface area contributed by atoms with Gasteiger partial charge in [-0.3, -0.25) is 9.97 Å². The van der Waals surface area contributed by atoms with Gasteiger partial charge in [-0.25, -0.2) is 0 Å². The molecule has 0 saturated carbocycles. The highest BCUT2D eigenvalue weighted by atomic mass is 79.9. The predicted molar refractivity (Wildman–Crippen MR) is 84.1 cm³/mol. The molecule has 20 heavy (non-hydrogen) atoms. The van der Waals surface area contributed by atoms with E-state index in [1.54, 1.807) is 7.11 Å². The van der Waals surface area contributed by atoms with Crippen molar-refractivity contribution >= 4 is 32.7 Å². The molecule has 1 aliphatic heterocycles. The molecule has 0 radical (unpaired) electrons. The van der Waals surface area contributed by atoms with E-state index < -0.39 is 0 Å². The third kappa shape index (κ3) is 2.79. The molecule has 1 fully saturated rings. The van der Waals surface area contributed by atoms with Crippen LogP contribution in [0.4, 0.5) is 5.69 Å². The molecule has 2 aromatic heterocycles. The molecular formula is C15H18BrN3O. The van der Waals surface area contributed by atoms with Crippen LogP contribution < -0.4 is 4.90 Å². The third-order valence-corrected chi connectivity index (χ3v) is 4.31. The first-order valence-electron chi connectivity index (χ1n) is 6.92. The Morgan fingerprint density at radius 1 is 1.35 bits per heavy atom. The Labute approximate surface area is 127 Å². The van der Waals surface area contributed by atoms with Crippen molar-refractivity contribution in [2.45, 2.75) is 12.8 Å². The second-order valence-corrected chi connectivity index (χ2v) is 6.15. The van der Waals surface area contributed by atoms with E-state index in [0.717, 1.165) is 35.2 Å². The first-order valence-corrected chi connectivity index (χ1v) is 7.71. The van der Waals surface area contributed by atoms with Gasteiger partial charge in [0.15, 0.2) is 0 Å². The molecule has 3 heterocycles. The predicted octanol–water partition coefficient (Wildman–Crippen LogP) is 3.26. The summed E-state index contributed by atoms with van der Waals surface area (Å²) in [7, 11) is 1.78. The van der Waals surface area contributed by atoms with Gasteiger partial charge in [0.25, 0.3) is 0 Å². The SMILES string of the molecule is COCC1CCN(c2ccnc3cc(Br)cnc23)CC1. The largest absolute Gasteiger partial charge is 0.384 e. The number of fused-ring (bicyclic) bond motifs is 1. The third-order valence-electron chi connectivity index (χ3n) is 3.88. The number of pyridine rings is 2. The van der Waals surface area contributed by atoms with Crippen molar-refractivity contribution in [1.29, 1.82) is 0 Å². The number of hydrogen-bond acceptors (Lipinski definition) is 4. The second-order valence-electron chi connectivity index (χ2n) is 5.24. The molecule has 4 nitrogen and oxygen atoms in total. The average Bonchev–Trinajstić information content (AvgIpc) is 2.47. The summed E-state index contributed by atoms with van der Waals surface area (Å²) in [6.07, 6.45) is 6.06. The number of hydrogen-bond donors (Lipinski definition) is 0. The number of aromatic nitrogens is 2. The molecule has 1 saturated heterocycles. The molecule has 0 spiro atoms. The second kappa shape index (κ2) is 6.06. The van der Waals surface area contributed by atoms with Gasteiger partial charge in [0, 0.05) is 43.7 Å². The molecule has 1 aliphatic rings. The van der Waals surface area contributed by atoms with Gasteiger partial charge in [-0.15, -0.1) is 0 Å². The molecule has 2 aromatic rings. The number of rotatable bonds is 3. The highest BCUT2D eigenvalue weighted by molar-refractivity contribution is 9.10. The van der Waals surface area contributed by atoms with Crippen molar-refractivity contribution in [2.75, 3.05) is 31.7 Å². The minimum Gasteiger partial charge on any atom is -0.384 e. The van der Waals surface area contributed by atoms with Crippen LogP contribution in [0.3, 0.4) is 0 Å². The lowest BCUT2D eigenvalue weighted by atomic mass is 9.97. The minimum atomic E-state index is 0.687. The van der Waals surface area contributed by atoms with Crippen LogP contribution in [0.2, 0.25) is 0 Å². The van der Waals surface area contributed by atoms with E-state index >= 15 is 0 Å². The zero-order valence-corrected chi connectivity index (χ0v) is 13.1. The quantitative estimate of drug-likeness (QED) is 0.862. The molecule has 0 N–H and O–H groups in total. The Morgan fingerprint density at radius 2 is 2.15 bits per heavy atom. The Hall–Kier alpha value is -1.20. The van der Waals surface area contributed by atoms with E-state index in [1.165, 1.54) is 18.5 Å². The lowest BCUT2D eigenvalue weighted by Gasteiger charge is -2.33. The zero-order valence-electron chi connectivity index (χ0n) is 11.6. The summed E-state index contributed by atoms with van der Waals surface area (Å²) in [6, 6.07) is 4.09. The van der Waals surface area contributed by atoms with Gasteiger partial charge < -0.3 is 9.64 Å². The summed E-state index contributed by atoms with van der Waals surface area (Å²) in [6.45, 7) is 2.99. The molecule has 106 valence electrons. The Bertz CT molecular complexity index is 597. The highest BCUT2D eigenvalue weighted by Crippen LogP contribution is 2.29.